The molecule has 5 rings (SSSR count). The Hall–Kier alpha value is -2.56. The molecule has 2 saturated heterocycles. The third kappa shape index (κ3) is 4.30. The summed E-state index contributed by atoms with van der Waals surface area (Å²) in [5.74, 6) is -0.252. The molecule has 3 aromatic rings. The van der Waals surface area contributed by atoms with Crippen LogP contribution in [-0.2, 0) is 14.8 Å². The van der Waals surface area contributed by atoms with Gasteiger partial charge in [-0.2, -0.15) is 13.1 Å². The molecule has 0 unspecified atom stereocenters. The SMILES string of the molecule is Cc1ccc(C)c(N2CCN(C(=O)[C@@H]3CCCN(S(=O)(=O)c4cccc5nsnc45)C3)CC2)c1. The molecule has 0 spiro atoms. The van der Waals surface area contributed by atoms with Crippen molar-refractivity contribution in [2.24, 2.45) is 5.92 Å². The maximum atomic E-state index is 13.4. The Bertz CT molecular complexity index is 1320. The minimum atomic E-state index is -3.75. The fourth-order valence-electron chi connectivity index (χ4n) is 4.98. The van der Waals surface area contributed by atoms with E-state index < -0.39 is 10.0 Å². The number of sulfonamides is 1. The van der Waals surface area contributed by atoms with E-state index in [1.165, 1.54) is 21.1 Å². The molecule has 3 heterocycles. The zero-order valence-corrected chi connectivity index (χ0v) is 21.1. The van der Waals surface area contributed by atoms with E-state index in [1.54, 1.807) is 18.2 Å². The van der Waals surface area contributed by atoms with Gasteiger partial charge < -0.3 is 9.80 Å². The van der Waals surface area contributed by atoms with Gasteiger partial charge in [0.2, 0.25) is 15.9 Å². The normalized spacial score (nSPS) is 20.1. The Morgan fingerprint density at radius 3 is 2.62 bits per heavy atom. The first kappa shape index (κ1) is 23.2. The summed E-state index contributed by atoms with van der Waals surface area (Å²) in [4.78, 5) is 17.8. The van der Waals surface area contributed by atoms with Crippen LogP contribution in [0, 0.1) is 19.8 Å². The second kappa shape index (κ2) is 9.24. The molecular formula is C24H29N5O3S2. The highest BCUT2D eigenvalue weighted by Crippen LogP contribution is 2.29. The van der Waals surface area contributed by atoms with Gasteiger partial charge >= 0.3 is 0 Å². The van der Waals surface area contributed by atoms with E-state index >= 15 is 0 Å². The number of aryl methyl sites for hydroxylation is 2. The van der Waals surface area contributed by atoms with Crippen molar-refractivity contribution < 1.29 is 13.2 Å². The van der Waals surface area contributed by atoms with E-state index in [1.807, 2.05) is 4.90 Å². The van der Waals surface area contributed by atoms with E-state index in [9.17, 15) is 13.2 Å². The van der Waals surface area contributed by atoms with Crippen LogP contribution in [-0.4, -0.2) is 71.5 Å². The Labute approximate surface area is 204 Å². The van der Waals surface area contributed by atoms with Gasteiger partial charge in [0.25, 0.3) is 0 Å². The zero-order chi connectivity index (χ0) is 23.9. The molecule has 2 aromatic carbocycles. The molecule has 1 aromatic heterocycles. The smallest absolute Gasteiger partial charge is 0.245 e. The van der Waals surface area contributed by atoms with Crippen LogP contribution in [0.25, 0.3) is 11.0 Å². The predicted octanol–water partition coefficient (Wildman–Crippen LogP) is 3.06. The van der Waals surface area contributed by atoms with Crippen molar-refractivity contribution in [1.82, 2.24) is 18.0 Å². The van der Waals surface area contributed by atoms with Gasteiger partial charge in [-0.1, -0.05) is 18.2 Å². The molecule has 180 valence electrons. The Kier molecular flexibility index (Phi) is 6.30. The fourth-order valence-corrected chi connectivity index (χ4v) is 7.25. The van der Waals surface area contributed by atoms with Crippen molar-refractivity contribution in [3.05, 3.63) is 47.5 Å². The molecule has 2 aliphatic heterocycles. The highest BCUT2D eigenvalue weighted by molar-refractivity contribution is 7.89. The molecule has 34 heavy (non-hydrogen) atoms. The predicted molar refractivity (Wildman–Crippen MR) is 134 cm³/mol. The molecule has 0 radical (unpaired) electrons. The van der Waals surface area contributed by atoms with Crippen LogP contribution >= 0.6 is 11.7 Å². The van der Waals surface area contributed by atoms with Gasteiger partial charge in [-0.15, -0.1) is 0 Å². The molecule has 10 heteroatoms. The number of nitrogens with zero attached hydrogens (tertiary/aromatic N) is 5. The van der Waals surface area contributed by atoms with Crippen molar-refractivity contribution in [1.29, 1.82) is 0 Å². The molecule has 0 N–H and O–H groups in total. The van der Waals surface area contributed by atoms with Crippen LogP contribution in [0.15, 0.2) is 41.3 Å². The highest BCUT2D eigenvalue weighted by Gasteiger charge is 2.37. The number of anilines is 1. The minimum Gasteiger partial charge on any atom is -0.368 e. The average molecular weight is 500 g/mol. The Morgan fingerprint density at radius 2 is 1.82 bits per heavy atom. The second-order valence-electron chi connectivity index (χ2n) is 9.19. The van der Waals surface area contributed by atoms with Crippen LogP contribution in [0.3, 0.4) is 0 Å². The zero-order valence-electron chi connectivity index (χ0n) is 19.5. The van der Waals surface area contributed by atoms with Crippen LogP contribution < -0.4 is 4.90 Å². The number of carbonyl (C=O) groups is 1. The van der Waals surface area contributed by atoms with Crippen molar-refractivity contribution in [3.8, 4) is 0 Å². The Morgan fingerprint density at radius 1 is 1.03 bits per heavy atom. The highest BCUT2D eigenvalue weighted by atomic mass is 32.2. The lowest BCUT2D eigenvalue weighted by atomic mass is 9.97. The summed E-state index contributed by atoms with van der Waals surface area (Å²) in [6.45, 7) is 7.71. The van der Waals surface area contributed by atoms with Gasteiger partial charge in [-0.3, -0.25) is 4.79 Å². The first-order valence-corrected chi connectivity index (χ1v) is 13.8. The third-order valence-corrected chi connectivity index (χ3v) is 9.34. The summed E-state index contributed by atoms with van der Waals surface area (Å²) >= 11 is 1.01. The van der Waals surface area contributed by atoms with Gasteiger partial charge in [0.05, 0.1) is 17.6 Å². The molecule has 2 fully saturated rings. The monoisotopic (exact) mass is 499 g/mol. The lowest BCUT2D eigenvalue weighted by Crippen LogP contribution is -2.53. The summed E-state index contributed by atoms with van der Waals surface area (Å²) < 4.78 is 36.7. The quantitative estimate of drug-likeness (QED) is 0.548. The molecular weight excluding hydrogens is 470 g/mol. The van der Waals surface area contributed by atoms with Crippen molar-refractivity contribution in [2.75, 3.05) is 44.2 Å². The summed E-state index contributed by atoms with van der Waals surface area (Å²) in [6, 6.07) is 11.5. The summed E-state index contributed by atoms with van der Waals surface area (Å²) in [5.41, 5.74) is 4.68. The number of hydrogen-bond donors (Lipinski definition) is 0. The molecule has 8 nitrogen and oxygen atoms in total. The minimum absolute atomic E-state index is 0.0639. The summed E-state index contributed by atoms with van der Waals surface area (Å²) in [6.07, 6.45) is 1.38. The topological polar surface area (TPSA) is 86.7 Å². The van der Waals surface area contributed by atoms with Crippen molar-refractivity contribution in [2.45, 2.75) is 31.6 Å². The van der Waals surface area contributed by atoms with Crippen LogP contribution in [0.4, 0.5) is 5.69 Å². The molecule has 0 bridgehead atoms. The maximum absolute atomic E-state index is 13.4. The standard InChI is InChI=1S/C24H29N5O3S2/c1-17-8-9-18(2)21(15-17)27-11-13-28(14-12-27)24(30)19-5-4-10-29(16-19)34(31,32)22-7-3-6-20-23(22)26-33-25-20/h3,6-9,15,19H,4-5,10-14,16H2,1-2H3/t19-/m1/s1. The molecule has 0 saturated carbocycles. The van der Waals surface area contributed by atoms with Gasteiger partial charge in [0.1, 0.15) is 15.9 Å². The van der Waals surface area contributed by atoms with Gasteiger partial charge in [0.15, 0.2) is 0 Å². The van der Waals surface area contributed by atoms with Crippen LogP contribution in [0.1, 0.15) is 24.0 Å². The maximum Gasteiger partial charge on any atom is 0.245 e. The lowest BCUT2D eigenvalue weighted by molar-refractivity contribution is -0.137. The third-order valence-electron chi connectivity index (χ3n) is 6.90. The number of amides is 1. The molecule has 1 atom stereocenters. The van der Waals surface area contributed by atoms with Crippen LogP contribution in [0.2, 0.25) is 0 Å². The van der Waals surface area contributed by atoms with Crippen LogP contribution in [0.5, 0.6) is 0 Å². The van der Waals surface area contributed by atoms with E-state index in [2.05, 4.69) is 45.7 Å². The van der Waals surface area contributed by atoms with E-state index in [0.717, 1.165) is 24.8 Å². The lowest BCUT2D eigenvalue weighted by Gasteiger charge is -2.40. The average Bonchev–Trinajstić information content (AvgIpc) is 3.34. The Balaban J connectivity index is 1.27. The second-order valence-corrected chi connectivity index (χ2v) is 11.6. The number of carbonyl (C=O) groups excluding carboxylic acids is 1. The van der Waals surface area contributed by atoms with Gasteiger partial charge in [-0.05, 0) is 56.0 Å². The van der Waals surface area contributed by atoms with E-state index in [-0.39, 0.29) is 23.3 Å². The number of benzene rings is 2. The number of hydrogen-bond acceptors (Lipinski definition) is 7. The first-order valence-electron chi connectivity index (χ1n) is 11.7. The van der Waals surface area contributed by atoms with Crippen molar-refractivity contribution >= 4 is 44.4 Å². The van der Waals surface area contributed by atoms with E-state index in [0.29, 0.717) is 43.5 Å². The largest absolute Gasteiger partial charge is 0.368 e. The van der Waals surface area contributed by atoms with Gasteiger partial charge in [0, 0.05) is 45.0 Å². The van der Waals surface area contributed by atoms with Crippen molar-refractivity contribution in [3.63, 3.8) is 0 Å². The number of piperazine rings is 1. The first-order chi connectivity index (χ1) is 16.3. The van der Waals surface area contributed by atoms with Gasteiger partial charge in [-0.25, -0.2) is 8.42 Å². The number of aromatic nitrogens is 2. The molecule has 0 aliphatic carbocycles. The fraction of sp³-hybridized carbons (Fsp3) is 0.458. The summed E-state index contributed by atoms with van der Waals surface area (Å²) in [5, 5.41) is 0. The van der Waals surface area contributed by atoms with E-state index in [4.69, 9.17) is 0 Å². The molecule has 2 aliphatic rings. The molecule has 1 amide bonds. The number of fused-ring (bicyclic) bond motifs is 1. The summed E-state index contributed by atoms with van der Waals surface area (Å²) in [7, 11) is -3.75. The number of piperidine rings is 1. The number of rotatable bonds is 4.